The number of nitrogens with zero attached hydrogens (tertiary/aromatic N) is 1. The number of anilines is 1. The minimum atomic E-state index is -3.22. The Morgan fingerprint density at radius 1 is 1.40 bits per heavy atom. The lowest BCUT2D eigenvalue weighted by Crippen LogP contribution is -2.38. The Bertz CT molecular complexity index is 583. The molecule has 1 aliphatic heterocycles. The van der Waals surface area contributed by atoms with Crippen molar-refractivity contribution in [3.63, 3.8) is 0 Å². The molecule has 0 spiro atoms. The molecule has 0 aliphatic carbocycles. The predicted octanol–water partition coefficient (Wildman–Crippen LogP) is -0.0386. The number of carbonyl (C=O) groups is 1. The first-order valence-electron chi connectivity index (χ1n) is 6.43. The Balaban J connectivity index is 1.90. The molecule has 0 radical (unpaired) electrons. The molecule has 7 heteroatoms. The number of rotatable bonds is 4. The van der Waals surface area contributed by atoms with Crippen molar-refractivity contribution in [2.75, 3.05) is 25.1 Å². The molecule has 1 aliphatic rings. The summed E-state index contributed by atoms with van der Waals surface area (Å²) in [5.74, 6) is 0.00701. The third-order valence-electron chi connectivity index (χ3n) is 3.26. The molecule has 1 unspecified atom stereocenters. The molecule has 1 atom stereocenters. The van der Waals surface area contributed by atoms with Crippen molar-refractivity contribution in [3.8, 4) is 0 Å². The first-order valence-corrected chi connectivity index (χ1v) is 8.32. The van der Waals surface area contributed by atoms with Crippen LogP contribution in [0.15, 0.2) is 24.3 Å². The van der Waals surface area contributed by atoms with Crippen LogP contribution < -0.4 is 10.5 Å². The van der Waals surface area contributed by atoms with Gasteiger partial charge in [0.15, 0.2) is 0 Å². The van der Waals surface area contributed by atoms with E-state index in [0.29, 0.717) is 31.6 Å². The van der Waals surface area contributed by atoms with Gasteiger partial charge in [-0.05, 0) is 24.1 Å². The Morgan fingerprint density at radius 3 is 2.65 bits per heavy atom. The van der Waals surface area contributed by atoms with Gasteiger partial charge in [-0.15, -0.1) is 0 Å². The number of hydrogen-bond acceptors (Lipinski definition) is 4. The van der Waals surface area contributed by atoms with E-state index >= 15 is 0 Å². The second-order valence-electron chi connectivity index (χ2n) is 5.13. The summed E-state index contributed by atoms with van der Waals surface area (Å²) in [6, 6.07) is 7.01. The van der Waals surface area contributed by atoms with E-state index in [1.165, 1.54) is 0 Å². The van der Waals surface area contributed by atoms with Gasteiger partial charge in [0, 0.05) is 24.8 Å². The van der Waals surface area contributed by atoms with Gasteiger partial charge in [0.1, 0.15) is 0 Å². The average molecular weight is 297 g/mol. The first kappa shape index (κ1) is 14.8. The fourth-order valence-electron chi connectivity index (χ4n) is 2.31. The summed E-state index contributed by atoms with van der Waals surface area (Å²) >= 11 is 0. The Kier molecular flexibility index (Phi) is 4.29. The maximum atomic E-state index is 12.1. The molecule has 110 valence electrons. The van der Waals surface area contributed by atoms with Gasteiger partial charge in [-0.3, -0.25) is 4.79 Å². The molecule has 6 nitrogen and oxygen atoms in total. The maximum absolute atomic E-state index is 12.1. The zero-order valence-electron chi connectivity index (χ0n) is 11.4. The third kappa shape index (κ3) is 4.21. The van der Waals surface area contributed by atoms with Crippen LogP contribution in [0, 0.1) is 0 Å². The number of nitrogen functional groups attached to an aromatic ring is 1. The minimum absolute atomic E-state index is 0.00701. The fraction of sp³-hybridized carbons (Fsp3) is 0.462. The number of amides is 1. The zero-order chi connectivity index (χ0) is 14.8. The highest BCUT2D eigenvalue weighted by Crippen LogP contribution is 2.13. The Morgan fingerprint density at radius 2 is 2.05 bits per heavy atom. The highest BCUT2D eigenvalue weighted by molar-refractivity contribution is 7.88. The summed E-state index contributed by atoms with van der Waals surface area (Å²) in [5.41, 5.74) is 7.17. The van der Waals surface area contributed by atoms with Crippen molar-refractivity contribution in [2.24, 2.45) is 0 Å². The van der Waals surface area contributed by atoms with Crippen LogP contribution in [0.3, 0.4) is 0 Å². The number of carbonyl (C=O) groups excluding carboxylic acids is 1. The van der Waals surface area contributed by atoms with Crippen LogP contribution in [0.2, 0.25) is 0 Å². The normalized spacial score (nSPS) is 19.2. The van der Waals surface area contributed by atoms with E-state index in [0.717, 1.165) is 11.8 Å². The third-order valence-corrected chi connectivity index (χ3v) is 4.02. The monoisotopic (exact) mass is 297 g/mol. The number of sulfonamides is 1. The van der Waals surface area contributed by atoms with Gasteiger partial charge in [0.05, 0.1) is 12.7 Å². The van der Waals surface area contributed by atoms with Crippen LogP contribution in [-0.2, 0) is 21.2 Å². The Hall–Kier alpha value is -1.60. The Labute approximate surface area is 119 Å². The van der Waals surface area contributed by atoms with Gasteiger partial charge in [-0.1, -0.05) is 12.1 Å². The first-order chi connectivity index (χ1) is 9.33. The van der Waals surface area contributed by atoms with Crippen LogP contribution in [0.4, 0.5) is 5.69 Å². The van der Waals surface area contributed by atoms with E-state index in [2.05, 4.69) is 4.72 Å². The number of benzene rings is 1. The molecule has 0 saturated carbocycles. The lowest BCUT2D eigenvalue weighted by Gasteiger charge is -2.16. The highest BCUT2D eigenvalue weighted by Gasteiger charge is 2.27. The van der Waals surface area contributed by atoms with Gasteiger partial charge in [0.2, 0.25) is 15.9 Å². The molecule has 2 rings (SSSR count). The lowest BCUT2D eigenvalue weighted by molar-refractivity contribution is -0.129. The van der Waals surface area contributed by atoms with Crippen LogP contribution in [0.5, 0.6) is 0 Å². The van der Waals surface area contributed by atoms with Crippen LogP contribution in [0.25, 0.3) is 0 Å². The summed E-state index contributed by atoms with van der Waals surface area (Å²) in [7, 11) is -3.22. The molecular weight excluding hydrogens is 278 g/mol. The zero-order valence-corrected chi connectivity index (χ0v) is 12.2. The van der Waals surface area contributed by atoms with Gasteiger partial charge >= 0.3 is 0 Å². The SMILES string of the molecule is CS(=O)(=O)NC1CCN(C(=O)Cc2ccc(N)cc2)C1. The van der Waals surface area contributed by atoms with Crippen molar-refractivity contribution < 1.29 is 13.2 Å². The van der Waals surface area contributed by atoms with Crippen molar-refractivity contribution in [1.82, 2.24) is 9.62 Å². The summed E-state index contributed by atoms with van der Waals surface area (Å²) in [6.45, 7) is 1.02. The summed E-state index contributed by atoms with van der Waals surface area (Å²) < 4.78 is 24.9. The van der Waals surface area contributed by atoms with Gasteiger partial charge in [-0.25, -0.2) is 13.1 Å². The molecule has 1 heterocycles. The van der Waals surface area contributed by atoms with E-state index < -0.39 is 10.0 Å². The second kappa shape index (κ2) is 5.80. The van der Waals surface area contributed by atoms with E-state index in [1.54, 1.807) is 17.0 Å². The average Bonchev–Trinajstić information content (AvgIpc) is 2.78. The van der Waals surface area contributed by atoms with Crippen LogP contribution >= 0.6 is 0 Å². The molecule has 1 aromatic carbocycles. The molecule has 0 aromatic heterocycles. The molecule has 3 N–H and O–H groups in total. The maximum Gasteiger partial charge on any atom is 0.227 e. The number of hydrogen-bond donors (Lipinski definition) is 2. The van der Waals surface area contributed by atoms with E-state index in [9.17, 15) is 13.2 Å². The molecule has 1 aromatic rings. The second-order valence-corrected chi connectivity index (χ2v) is 6.91. The number of likely N-dealkylation sites (tertiary alicyclic amines) is 1. The predicted molar refractivity (Wildman–Crippen MR) is 77.5 cm³/mol. The van der Waals surface area contributed by atoms with Gasteiger partial charge in [-0.2, -0.15) is 0 Å². The summed E-state index contributed by atoms with van der Waals surface area (Å²) in [5, 5.41) is 0. The molecule has 0 bridgehead atoms. The molecule has 1 fully saturated rings. The molecular formula is C13H19N3O3S. The van der Waals surface area contributed by atoms with Gasteiger partial charge in [0.25, 0.3) is 0 Å². The molecule has 1 amide bonds. The van der Waals surface area contributed by atoms with Gasteiger partial charge < -0.3 is 10.6 Å². The highest BCUT2D eigenvalue weighted by atomic mass is 32.2. The number of nitrogens with two attached hydrogens (primary N) is 1. The van der Waals surface area contributed by atoms with Crippen molar-refractivity contribution in [3.05, 3.63) is 29.8 Å². The smallest absolute Gasteiger partial charge is 0.227 e. The number of nitrogens with one attached hydrogen (secondary N) is 1. The van der Waals surface area contributed by atoms with E-state index in [4.69, 9.17) is 5.73 Å². The quantitative estimate of drug-likeness (QED) is 0.763. The standard InChI is InChI=1S/C13H19N3O3S/c1-20(18,19)15-12-6-7-16(9-12)13(17)8-10-2-4-11(14)5-3-10/h2-5,12,15H,6-9,14H2,1H3. The lowest BCUT2D eigenvalue weighted by atomic mass is 10.1. The summed E-state index contributed by atoms with van der Waals surface area (Å²) in [6.07, 6.45) is 2.10. The minimum Gasteiger partial charge on any atom is -0.399 e. The summed E-state index contributed by atoms with van der Waals surface area (Å²) in [4.78, 5) is 13.8. The van der Waals surface area contributed by atoms with Crippen molar-refractivity contribution in [2.45, 2.75) is 18.9 Å². The van der Waals surface area contributed by atoms with Crippen molar-refractivity contribution >= 4 is 21.6 Å². The molecule has 20 heavy (non-hydrogen) atoms. The largest absolute Gasteiger partial charge is 0.399 e. The van der Waals surface area contributed by atoms with Crippen LogP contribution in [-0.4, -0.2) is 44.6 Å². The topological polar surface area (TPSA) is 92.5 Å². The molecule has 1 saturated heterocycles. The van der Waals surface area contributed by atoms with E-state index in [-0.39, 0.29) is 11.9 Å². The van der Waals surface area contributed by atoms with E-state index in [1.807, 2.05) is 12.1 Å². The fourth-order valence-corrected chi connectivity index (χ4v) is 3.11. The van der Waals surface area contributed by atoms with Crippen molar-refractivity contribution in [1.29, 1.82) is 0 Å². The van der Waals surface area contributed by atoms with Crippen LogP contribution in [0.1, 0.15) is 12.0 Å².